The van der Waals surface area contributed by atoms with Gasteiger partial charge >= 0.3 is 0 Å². The van der Waals surface area contributed by atoms with Gasteiger partial charge in [-0.25, -0.2) is 0 Å². The molecule has 0 amide bonds. The molecule has 1 aliphatic carbocycles. The van der Waals surface area contributed by atoms with Crippen molar-refractivity contribution in [2.75, 3.05) is 6.54 Å². The van der Waals surface area contributed by atoms with E-state index in [1.54, 1.807) is 10.9 Å². The van der Waals surface area contributed by atoms with Crippen LogP contribution < -0.4 is 5.32 Å². The molecule has 5 nitrogen and oxygen atoms in total. The van der Waals surface area contributed by atoms with Crippen molar-refractivity contribution in [3.63, 3.8) is 0 Å². The molecule has 2 aromatic rings. The molecule has 100 valence electrons. The van der Waals surface area contributed by atoms with E-state index in [4.69, 9.17) is 0 Å². The van der Waals surface area contributed by atoms with Crippen LogP contribution in [0.4, 0.5) is 0 Å². The first-order valence-corrected chi connectivity index (χ1v) is 6.54. The van der Waals surface area contributed by atoms with Crippen LogP contribution in [0.1, 0.15) is 23.2 Å². The van der Waals surface area contributed by atoms with Gasteiger partial charge in [0.2, 0.25) is 0 Å². The molecule has 1 aromatic heterocycles. The highest BCUT2D eigenvalue weighted by Gasteiger charge is 2.35. The van der Waals surface area contributed by atoms with Crippen LogP contribution in [0.25, 0.3) is 0 Å². The second kappa shape index (κ2) is 4.75. The van der Waals surface area contributed by atoms with Crippen LogP contribution >= 0.6 is 0 Å². The fourth-order valence-electron chi connectivity index (χ4n) is 2.72. The molecule has 1 aromatic carbocycles. The number of aliphatic hydroxyl groups is 1. The van der Waals surface area contributed by atoms with Gasteiger partial charge in [-0.15, -0.1) is 5.10 Å². The lowest BCUT2D eigenvalue weighted by Gasteiger charge is -2.24. The lowest BCUT2D eigenvalue weighted by molar-refractivity contribution is 0.0383. The molecule has 1 unspecified atom stereocenters. The van der Waals surface area contributed by atoms with Crippen molar-refractivity contribution < 1.29 is 5.11 Å². The Morgan fingerprint density at radius 3 is 3.05 bits per heavy atom. The summed E-state index contributed by atoms with van der Waals surface area (Å²) >= 11 is 0. The van der Waals surface area contributed by atoms with E-state index < -0.39 is 5.60 Å². The van der Waals surface area contributed by atoms with E-state index in [9.17, 15) is 5.11 Å². The summed E-state index contributed by atoms with van der Waals surface area (Å²) in [5.41, 5.74) is 2.58. The summed E-state index contributed by atoms with van der Waals surface area (Å²) in [5.74, 6) is 0. The number of aromatic nitrogens is 3. The molecule has 0 bridgehead atoms. The van der Waals surface area contributed by atoms with Crippen LogP contribution in [-0.2, 0) is 25.6 Å². The minimum absolute atomic E-state index is 0.551. The minimum Gasteiger partial charge on any atom is -0.384 e. The monoisotopic (exact) mass is 258 g/mol. The molecule has 3 rings (SSSR count). The highest BCUT2D eigenvalue weighted by Crippen LogP contribution is 2.36. The number of benzene rings is 1. The molecule has 1 atom stereocenters. The van der Waals surface area contributed by atoms with Crippen molar-refractivity contribution in [3.05, 3.63) is 47.3 Å². The lowest BCUT2D eigenvalue weighted by atomic mass is 9.96. The van der Waals surface area contributed by atoms with Gasteiger partial charge in [0.05, 0.1) is 11.9 Å². The first kappa shape index (κ1) is 12.3. The van der Waals surface area contributed by atoms with Crippen molar-refractivity contribution in [2.45, 2.75) is 25.0 Å². The largest absolute Gasteiger partial charge is 0.384 e. The van der Waals surface area contributed by atoms with Crippen molar-refractivity contribution in [3.8, 4) is 0 Å². The van der Waals surface area contributed by atoms with Gasteiger partial charge in [0, 0.05) is 20.1 Å². The van der Waals surface area contributed by atoms with E-state index in [0.29, 0.717) is 13.1 Å². The Bertz CT molecular complexity index is 580. The van der Waals surface area contributed by atoms with Crippen molar-refractivity contribution in [1.82, 2.24) is 20.3 Å². The van der Waals surface area contributed by atoms with Crippen LogP contribution in [0.2, 0.25) is 0 Å². The molecule has 1 aliphatic rings. The van der Waals surface area contributed by atoms with Gasteiger partial charge in [-0.3, -0.25) is 4.68 Å². The summed E-state index contributed by atoms with van der Waals surface area (Å²) in [6.07, 6.45) is 3.46. The zero-order valence-corrected chi connectivity index (χ0v) is 11.0. The average Bonchev–Trinajstić information content (AvgIpc) is 2.96. The Balaban J connectivity index is 1.66. The summed E-state index contributed by atoms with van der Waals surface area (Å²) < 4.78 is 1.74. The number of hydrogen-bond donors (Lipinski definition) is 2. The van der Waals surface area contributed by atoms with E-state index in [0.717, 1.165) is 24.1 Å². The zero-order chi connectivity index (χ0) is 13.3. The Hall–Kier alpha value is -1.72. The highest BCUT2D eigenvalue weighted by atomic mass is 16.3. The molecular weight excluding hydrogens is 240 g/mol. The highest BCUT2D eigenvalue weighted by molar-refractivity contribution is 5.37. The number of aryl methyl sites for hydroxylation is 2. The average molecular weight is 258 g/mol. The summed E-state index contributed by atoms with van der Waals surface area (Å²) in [7, 11) is 1.86. The van der Waals surface area contributed by atoms with Crippen molar-refractivity contribution in [2.24, 2.45) is 7.05 Å². The summed E-state index contributed by atoms with van der Waals surface area (Å²) in [5, 5.41) is 21.8. The van der Waals surface area contributed by atoms with Gasteiger partial charge in [-0.1, -0.05) is 29.5 Å². The number of nitrogens with one attached hydrogen (secondary N) is 1. The molecule has 5 heteroatoms. The van der Waals surface area contributed by atoms with Gasteiger partial charge in [-0.2, -0.15) is 0 Å². The third-order valence-corrected chi connectivity index (χ3v) is 3.86. The standard InChI is InChI=1S/C14H18N4O/c1-18-12(9-16-17-18)8-15-10-14(19)7-6-11-4-2-3-5-13(11)14/h2-5,9,15,19H,6-8,10H2,1H3. The van der Waals surface area contributed by atoms with Crippen LogP contribution in [0.3, 0.4) is 0 Å². The second-order valence-corrected chi connectivity index (χ2v) is 5.14. The van der Waals surface area contributed by atoms with E-state index in [1.807, 2.05) is 25.2 Å². The predicted octanol–water partition coefficient (Wildman–Crippen LogP) is 0.739. The summed E-state index contributed by atoms with van der Waals surface area (Å²) in [6.45, 7) is 1.21. The lowest BCUT2D eigenvalue weighted by Crippen LogP contribution is -2.36. The molecule has 0 spiro atoms. The minimum atomic E-state index is -0.747. The molecule has 2 N–H and O–H groups in total. The molecule has 0 saturated heterocycles. The van der Waals surface area contributed by atoms with E-state index in [1.165, 1.54) is 5.56 Å². The number of rotatable bonds is 4. The van der Waals surface area contributed by atoms with Crippen LogP contribution in [0.15, 0.2) is 30.5 Å². The maximum absolute atomic E-state index is 10.7. The van der Waals surface area contributed by atoms with Gasteiger partial charge in [0.25, 0.3) is 0 Å². The SMILES string of the molecule is Cn1nncc1CNCC1(O)CCc2ccccc21. The number of nitrogens with zero attached hydrogens (tertiary/aromatic N) is 3. The topological polar surface area (TPSA) is 63.0 Å². The van der Waals surface area contributed by atoms with Gasteiger partial charge in [0.15, 0.2) is 0 Å². The Morgan fingerprint density at radius 1 is 1.42 bits per heavy atom. The number of hydrogen-bond acceptors (Lipinski definition) is 4. The second-order valence-electron chi connectivity index (χ2n) is 5.14. The van der Waals surface area contributed by atoms with E-state index >= 15 is 0 Å². The van der Waals surface area contributed by atoms with Crippen LogP contribution in [0.5, 0.6) is 0 Å². The fourth-order valence-corrected chi connectivity index (χ4v) is 2.72. The first-order valence-electron chi connectivity index (χ1n) is 6.54. The van der Waals surface area contributed by atoms with Gasteiger partial charge in [0.1, 0.15) is 5.60 Å². The smallest absolute Gasteiger partial charge is 0.103 e. The maximum atomic E-state index is 10.7. The Morgan fingerprint density at radius 2 is 2.26 bits per heavy atom. The number of fused-ring (bicyclic) bond motifs is 1. The normalized spacial score (nSPS) is 21.6. The van der Waals surface area contributed by atoms with Crippen LogP contribution in [-0.4, -0.2) is 26.6 Å². The maximum Gasteiger partial charge on any atom is 0.103 e. The molecule has 0 radical (unpaired) electrons. The first-order chi connectivity index (χ1) is 9.19. The fraction of sp³-hybridized carbons (Fsp3) is 0.429. The Kier molecular flexibility index (Phi) is 3.08. The zero-order valence-electron chi connectivity index (χ0n) is 11.0. The third kappa shape index (κ3) is 2.27. The van der Waals surface area contributed by atoms with Gasteiger partial charge < -0.3 is 10.4 Å². The third-order valence-electron chi connectivity index (χ3n) is 3.86. The molecule has 19 heavy (non-hydrogen) atoms. The van der Waals surface area contributed by atoms with Crippen molar-refractivity contribution >= 4 is 0 Å². The molecule has 0 aliphatic heterocycles. The van der Waals surface area contributed by atoms with Crippen molar-refractivity contribution in [1.29, 1.82) is 0 Å². The molecular formula is C14H18N4O. The summed E-state index contributed by atoms with van der Waals surface area (Å²) in [6, 6.07) is 8.13. The molecule has 0 fully saturated rings. The molecule has 1 heterocycles. The van der Waals surface area contributed by atoms with Crippen LogP contribution in [0, 0.1) is 0 Å². The van der Waals surface area contributed by atoms with Gasteiger partial charge in [-0.05, 0) is 24.0 Å². The molecule has 0 saturated carbocycles. The predicted molar refractivity (Wildman–Crippen MR) is 71.4 cm³/mol. The summed E-state index contributed by atoms with van der Waals surface area (Å²) in [4.78, 5) is 0. The quantitative estimate of drug-likeness (QED) is 0.849. The van der Waals surface area contributed by atoms with E-state index in [2.05, 4.69) is 21.7 Å². The Labute approximate surface area is 112 Å². The van der Waals surface area contributed by atoms with E-state index in [-0.39, 0.29) is 0 Å².